The summed E-state index contributed by atoms with van der Waals surface area (Å²) in [6, 6.07) is 0.0190. The molecule has 3 heterocycles. The minimum Gasteiger partial charge on any atom is -0.444 e. The highest BCUT2D eigenvalue weighted by atomic mass is 16.6. The fourth-order valence-corrected chi connectivity index (χ4v) is 3.47. The van der Waals surface area contributed by atoms with Crippen LogP contribution in [0.25, 0.3) is 0 Å². The number of hydrogen-bond acceptors (Lipinski definition) is 7. The molecular weight excluding hydrogens is 412 g/mol. The molecule has 10 nitrogen and oxygen atoms in total. The van der Waals surface area contributed by atoms with Crippen molar-refractivity contribution in [2.75, 3.05) is 19.6 Å². The Morgan fingerprint density at radius 2 is 2.12 bits per heavy atom. The molecule has 0 saturated carbocycles. The summed E-state index contributed by atoms with van der Waals surface area (Å²) < 4.78 is 12.5. The van der Waals surface area contributed by atoms with Gasteiger partial charge in [-0.2, -0.15) is 10.1 Å². The van der Waals surface area contributed by atoms with Gasteiger partial charge in [0.15, 0.2) is 5.82 Å². The van der Waals surface area contributed by atoms with Gasteiger partial charge in [-0.25, -0.2) is 4.79 Å². The van der Waals surface area contributed by atoms with Crippen LogP contribution in [0.3, 0.4) is 0 Å². The summed E-state index contributed by atoms with van der Waals surface area (Å²) in [6.45, 7) is 11.3. The average molecular weight is 447 g/mol. The third kappa shape index (κ3) is 6.54. The summed E-state index contributed by atoms with van der Waals surface area (Å²) >= 11 is 0. The minimum atomic E-state index is -0.527. The fourth-order valence-electron chi connectivity index (χ4n) is 3.47. The van der Waals surface area contributed by atoms with E-state index in [0.717, 1.165) is 12.8 Å². The van der Waals surface area contributed by atoms with E-state index in [-0.39, 0.29) is 24.0 Å². The lowest BCUT2D eigenvalue weighted by Crippen LogP contribution is -2.43. The van der Waals surface area contributed by atoms with Gasteiger partial charge in [-0.3, -0.25) is 9.48 Å². The zero-order chi connectivity index (χ0) is 23.3. The number of aromatic nitrogens is 4. The second-order valence-corrected chi connectivity index (χ2v) is 9.49. The maximum absolute atomic E-state index is 12.5. The second-order valence-electron chi connectivity index (χ2n) is 9.49. The van der Waals surface area contributed by atoms with Crippen LogP contribution in [0.2, 0.25) is 0 Å². The highest BCUT2D eigenvalue weighted by Gasteiger charge is 2.29. The molecule has 1 aliphatic rings. The number of carbonyl (C=O) groups excluding carboxylic acids is 2. The molecule has 0 aromatic carbocycles. The normalized spacial score (nSPS) is 16.9. The van der Waals surface area contributed by atoms with Gasteiger partial charge in [-0.15, -0.1) is 0 Å². The Hall–Kier alpha value is -2.91. The topological polar surface area (TPSA) is 115 Å². The highest BCUT2D eigenvalue weighted by Crippen LogP contribution is 2.23. The summed E-state index contributed by atoms with van der Waals surface area (Å²) in [5, 5.41) is 11.2. The standard InChI is InChI=1S/C22H34N6O4/c1-15(2)19-25-18(32-26-19)9-6-10-23-20(29)16-12-24-28(13-16)17-8-7-11-27(14-17)21(30)31-22(3,4)5/h12-13,15,17H,6-11,14H2,1-5H3,(H,23,29). The number of piperidine rings is 1. The SMILES string of the molecule is CC(C)c1noc(CCCNC(=O)c2cnn(C3CCCN(C(=O)OC(C)(C)C)C3)c2)n1. The van der Waals surface area contributed by atoms with Crippen LogP contribution in [0.15, 0.2) is 16.9 Å². The minimum absolute atomic E-state index is 0.0190. The quantitative estimate of drug-likeness (QED) is 0.649. The molecule has 1 saturated heterocycles. The van der Waals surface area contributed by atoms with Gasteiger partial charge in [0, 0.05) is 38.2 Å². The van der Waals surface area contributed by atoms with Crippen molar-refractivity contribution in [2.45, 2.75) is 77.9 Å². The smallest absolute Gasteiger partial charge is 0.410 e. The Kier molecular flexibility index (Phi) is 7.52. The van der Waals surface area contributed by atoms with Crippen molar-refractivity contribution < 1.29 is 18.8 Å². The third-order valence-corrected chi connectivity index (χ3v) is 5.14. The molecule has 32 heavy (non-hydrogen) atoms. The highest BCUT2D eigenvalue weighted by molar-refractivity contribution is 5.93. The molecule has 0 spiro atoms. The number of nitrogens with one attached hydrogen (secondary N) is 1. The zero-order valence-corrected chi connectivity index (χ0v) is 19.6. The molecule has 176 valence electrons. The zero-order valence-electron chi connectivity index (χ0n) is 19.6. The monoisotopic (exact) mass is 446 g/mol. The molecule has 0 aliphatic carbocycles. The van der Waals surface area contributed by atoms with Crippen LogP contribution in [-0.4, -0.2) is 62.1 Å². The van der Waals surface area contributed by atoms with Crippen molar-refractivity contribution in [3.8, 4) is 0 Å². The van der Waals surface area contributed by atoms with Crippen molar-refractivity contribution in [2.24, 2.45) is 0 Å². The largest absolute Gasteiger partial charge is 0.444 e. The van der Waals surface area contributed by atoms with Crippen LogP contribution in [0.5, 0.6) is 0 Å². The fraction of sp³-hybridized carbons (Fsp3) is 0.682. The molecule has 3 rings (SSSR count). The van der Waals surface area contributed by atoms with Crippen LogP contribution in [0.4, 0.5) is 4.79 Å². The van der Waals surface area contributed by atoms with Crippen LogP contribution >= 0.6 is 0 Å². The number of aryl methyl sites for hydroxylation is 1. The Labute approximate surface area is 188 Å². The average Bonchev–Trinajstić information content (AvgIpc) is 3.40. The predicted octanol–water partition coefficient (Wildman–Crippen LogP) is 3.32. The maximum Gasteiger partial charge on any atom is 0.410 e. The van der Waals surface area contributed by atoms with E-state index >= 15 is 0 Å². The maximum atomic E-state index is 12.5. The van der Waals surface area contributed by atoms with Gasteiger partial charge in [0.05, 0.1) is 17.8 Å². The van der Waals surface area contributed by atoms with Gasteiger partial charge in [-0.05, 0) is 40.0 Å². The van der Waals surface area contributed by atoms with Gasteiger partial charge in [0.25, 0.3) is 5.91 Å². The lowest BCUT2D eigenvalue weighted by molar-refractivity contribution is 0.0167. The second kappa shape index (κ2) is 10.1. The molecule has 0 radical (unpaired) electrons. The number of hydrogen-bond donors (Lipinski definition) is 1. The Morgan fingerprint density at radius 3 is 2.81 bits per heavy atom. The Balaban J connectivity index is 1.46. The molecule has 2 aromatic heterocycles. The number of amides is 2. The van der Waals surface area contributed by atoms with E-state index in [4.69, 9.17) is 9.26 Å². The summed E-state index contributed by atoms with van der Waals surface area (Å²) in [4.78, 5) is 30.9. The summed E-state index contributed by atoms with van der Waals surface area (Å²) in [6.07, 6.45) is 6.06. The summed E-state index contributed by atoms with van der Waals surface area (Å²) in [7, 11) is 0. The van der Waals surface area contributed by atoms with E-state index < -0.39 is 5.60 Å². The molecule has 1 N–H and O–H groups in total. The van der Waals surface area contributed by atoms with Gasteiger partial charge in [0.1, 0.15) is 5.60 Å². The van der Waals surface area contributed by atoms with Crippen molar-refractivity contribution in [1.29, 1.82) is 0 Å². The van der Waals surface area contributed by atoms with Gasteiger partial charge in [-0.1, -0.05) is 19.0 Å². The van der Waals surface area contributed by atoms with Crippen LogP contribution in [0, 0.1) is 0 Å². The third-order valence-electron chi connectivity index (χ3n) is 5.14. The number of ether oxygens (including phenoxy) is 1. The molecule has 2 amide bonds. The van der Waals surface area contributed by atoms with E-state index in [2.05, 4.69) is 20.6 Å². The number of nitrogens with zero attached hydrogens (tertiary/aromatic N) is 5. The molecular formula is C22H34N6O4. The lowest BCUT2D eigenvalue weighted by atomic mass is 10.1. The van der Waals surface area contributed by atoms with Crippen molar-refractivity contribution in [3.63, 3.8) is 0 Å². The van der Waals surface area contributed by atoms with Crippen molar-refractivity contribution >= 4 is 12.0 Å². The number of likely N-dealkylation sites (tertiary alicyclic amines) is 1. The summed E-state index contributed by atoms with van der Waals surface area (Å²) in [5.74, 6) is 1.33. The molecule has 1 unspecified atom stereocenters. The van der Waals surface area contributed by atoms with Crippen LogP contribution in [-0.2, 0) is 11.2 Å². The number of carbonyl (C=O) groups is 2. The van der Waals surface area contributed by atoms with E-state index in [9.17, 15) is 9.59 Å². The molecule has 10 heteroatoms. The van der Waals surface area contributed by atoms with Crippen LogP contribution < -0.4 is 5.32 Å². The van der Waals surface area contributed by atoms with E-state index in [0.29, 0.717) is 49.8 Å². The molecule has 1 aliphatic heterocycles. The van der Waals surface area contributed by atoms with Gasteiger partial charge < -0.3 is 19.5 Å². The van der Waals surface area contributed by atoms with E-state index in [1.54, 1.807) is 22.0 Å². The Bertz CT molecular complexity index is 914. The first kappa shape index (κ1) is 23.7. The van der Waals surface area contributed by atoms with Gasteiger partial charge >= 0.3 is 6.09 Å². The molecule has 1 fully saturated rings. The molecule has 0 bridgehead atoms. The van der Waals surface area contributed by atoms with Crippen molar-refractivity contribution in [1.82, 2.24) is 30.1 Å². The summed E-state index contributed by atoms with van der Waals surface area (Å²) in [5.41, 5.74) is -0.0272. The first-order valence-corrected chi connectivity index (χ1v) is 11.2. The first-order valence-electron chi connectivity index (χ1n) is 11.2. The number of rotatable bonds is 7. The van der Waals surface area contributed by atoms with Crippen molar-refractivity contribution in [3.05, 3.63) is 29.7 Å². The van der Waals surface area contributed by atoms with E-state index in [1.165, 1.54) is 0 Å². The molecule has 2 aromatic rings. The Morgan fingerprint density at radius 1 is 1.34 bits per heavy atom. The predicted molar refractivity (Wildman–Crippen MR) is 117 cm³/mol. The van der Waals surface area contributed by atoms with Gasteiger partial charge in [0.2, 0.25) is 5.89 Å². The molecule has 1 atom stereocenters. The van der Waals surface area contributed by atoms with Crippen LogP contribution in [0.1, 0.15) is 87.9 Å². The first-order chi connectivity index (χ1) is 15.1. The van der Waals surface area contributed by atoms with E-state index in [1.807, 2.05) is 34.6 Å². The lowest BCUT2D eigenvalue weighted by Gasteiger charge is -2.34.